The van der Waals surface area contributed by atoms with E-state index in [1.54, 1.807) is 6.07 Å². The van der Waals surface area contributed by atoms with Crippen molar-refractivity contribution in [1.82, 2.24) is 0 Å². The van der Waals surface area contributed by atoms with Crippen LogP contribution in [0.4, 0.5) is 105 Å². The van der Waals surface area contributed by atoms with Crippen molar-refractivity contribution in [2.75, 3.05) is 0 Å². The lowest BCUT2D eigenvalue weighted by molar-refractivity contribution is -0.662. The van der Waals surface area contributed by atoms with Crippen LogP contribution in [0.1, 0.15) is 60.4 Å². The van der Waals surface area contributed by atoms with E-state index in [1.165, 1.54) is 5.56 Å². The van der Waals surface area contributed by atoms with E-state index < -0.39 is 201 Å². The number of nitrogens with two attached hydrogens (primary N) is 1. The summed E-state index contributed by atoms with van der Waals surface area (Å²) < 4.78 is 343. The van der Waals surface area contributed by atoms with E-state index in [4.69, 9.17) is 5.73 Å². The SMILES string of the molecule is FC(F)(F)c1cc([B-](c2cc(C(F)(F)F)cc(C(F)(F)F)c2)(c2cc(C(F)(F)F)cc(C(F)(F)F)c2)c2cc(C(F)(F)F)cc(C(F)(F)F)c2)cc(C(F)(F)F)c1.NC(=O)c1ccc2ccc[n+](Cc3ccccc3)c2c1. The zero-order valence-corrected chi connectivity index (χ0v) is 37.6. The molecule has 1 amide bonds. The maximum Gasteiger partial charge on any atom is 0.416 e. The minimum atomic E-state index is -6.13. The van der Waals surface area contributed by atoms with Gasteiger partial charge in [0.25, 0.3) is 0 Å². The number of benzene rings is 6. The molecule has 6 aromatic carbocycles. The third-order valence-electron chi connectivity index (χ3n) is 11.8. The number of primary amides is 1. The Morgan fingerprint density at radius 1 is 0.364 bits per heavy atom. The molecule has 0 saturated carbocycles. The van der Waals surface area contributed by atoms with E-state index in [0.717, 1.165) is 17.4 Å². The van der Waals surface area contributed by atoms with E-state index in [2.05, 4.69) is 16.7 Å². The fourth-order valence-corrected chi connectivity index (χ4v) is 8.41. The van der Waals surface area contributed by atoms with Gasteiger partial charge in [0, 0.05) is 28.6 Å². The molecule has 410 valence electrons. The van der Waals surface area contributed by atoms with Gasteiger partial charge in [-0.05, 0) is 42.5 Å². The molecule has 3 nitrogen and oxygen atoms in total. The Hall–Kier alpha value is -7.42. The lowest BCUT2D eigenvalue weighted by Crippen LogP contribution is -2.75. The van der Waals surface area contributed by atoms with Crippen molar-refractivity contribution in [2.24, 2.45) is 5.73 Å². The van der Waals surface area contributed by atoms with Gasteiger partial charge in [0.15, 0.2) is 12.7 Å². The van der Waals surface area contributed by atoms with Crippen molar-refractivity contribution in [2.45, 2.75) is 56.0 Å². The Labute approximate surface area is 416 Å². The molecule has 0 saturated heterocycles. The number of nitrogens with zero attached hydrogens (tertiary/aromatic N) is 1. The fraction of sp³-hybridized carbons (Fsp3) is 0.184. The molecule has 0 spiro atoms. The van der Waals surface area contributed by atoms with Gasteiger partial charge in [0.2, 0.25) is 11.4 Å². The standard InChI is InChI=1S/C32H12BF24.C17H14N2O/c34-25(35,36)13-1-14(26(37,38)39)6-21(5-13)33(22-7-15(27(40,41)42)2-16(8-22)28(43,44)45,23-9-17(29(46,47)48)3-18(10-23)30(49,50)51)24-11-19(31(52,53)54)4-20(12-24)32(55,56)57;18-17(20)15-9-8-14-7-4-10-19(16(14)11-15)12-13-5-2-1-3-6-13/h1-12H;1-11H,12H2,(H-,18,20)/q-1;/p+1. The average Bonchev–Trinajstić information content (AvgIpc) is 3.30. The second-order valence-corrected chi connectivity index (χ2v) is 17.0. The van der Waals surface area contributed by atoms with Gasteiger partial charge in [0.05, 0.1) is 44.5 Å². The molecule has 0 bridgehead atoms. The van der Waals surface area contributed by atoms with Crippen LogP contribution in [0.15, 0.2) is 140 Å². The number of carbonyl (C=O) groups excluding carboxylic acids is 1. The normalized spacial score (nSPS) is 13.4. The van der Waals surface area contributed by atoms with Crippen molar-refractivity contribution < 1.29 is 115 Å². The van der Waals surface area contributed by atoms with Crippen molar-refractivity contribution in [3.05, 3.63) is 195 Å². The largest absolute Gasteiger partial charge is 0.416 e. The first-order chi connectivity index (χ1) is 35.0. The molecule has 28 heteroatoms. The highest BCUT2D eigenvalue weighted by Gasteiger charge is 2.47. The molecule has 0 aliphatic heterocycles. The van der Waals surface area contributed by atoms with E-state index >= 15 is 0 Å². The number of carbonyl (C=O) groups is 1. The van der Waals surface area contributed by atoms with Gasteiger partial charge in [-0.15, -0.1) is 0 Å². The third kappa shape index (κ3) is 13.2. The third-order valence-corrected chi connectivity index (χ3v) is 11.8. The Kier molecular flexibility index (Phi) is 15.4. The minimum absolute atomic E-state index is 0.401. The zero-order valence-electron chi connectivity index (χ0n) is 37.6. The van der Waals surface area contributed by atoms with Crippen molar-refractivity contribution >= 4 is 44.8 Å². The molecular weight excluding hydrogens is 1100 g/mol. The summed E-state index contributed by atoms with van der Waals surface area (Å²) in [7, 11) is 0. The fourth-order valence-electron chi connectivity index (χ4n) is 8.41. The van der Waals surface area contributed by atoms with Crippen LogP contribution in [-0.2, 0) is 56.0 Å². The highest BCUT2D eigenvalue weighted by molar-refractivity contribution is 7.20. The Morgan fingerprint density at radius 3 is 0.909 bits per heavy atom. The first-order valence-corrected chi connectivity index (χ1v) is 21.1. The summed E-state index contributed by atoms with van der Waals surface area (Å²) in [6.07, 6.45) is -52.8. The monoisotopic (exact) mass is 1130 g/mol. The number of rotatable bonds is 7. The number of hydrogen-bond donors (Lipinski definition) is 1. The second-order valence-electron chi connectivity index (χ2n) is 17.0. The maximum atomic E-state index is 14.2. The van der Waals surface area contributed by atoms with Gasteiger partial charge in [0.1, 0.15) is 6.15 Å². The highest BCUT2D eigenvalue weighted by Crippen LogP contribution is 2.41. The minimum Gasteiger partial charge on any atom is -0.366 e. The van der Waals surface area contributed by atoms with Gasteiger partial charge in [-0.2, -0.15) is 132 Å². The van der Waals surface area contributed by atoms with Gasteiger partial charge < -0.3 is 5.73 Å². The van der Waals surface area contributed by atoms with E-state index in [-0.39, 0.29) is 0 Å². The molecule has 1 aromatic heterocycles. The molecule has 0 aliphatic carbocycles. The Morgan fingerprint density at radius 2 is 0.649 bits per heavy atom. The van der Waals surface area contributed by atoms with E-state index in [1.807, 2.05) is 48.7 Å². The van der Waals surface area contributed by atoms with Crippen LogP contribution in [0, 0.1) is 0 Å². The van der Waals surface area contributed by atoms with Crippen LogP contribution < -0.4 is 32.2 Å². The average molecular weight is 1130 g/mol. The van der Waals surface area contributed by atoms with Crippen LogP contribution >= 0.6 is 0 Å². The van der Waals surface area contributed by atoms with Crippen molar-refractivity contribution in [1.29, 1.82) is 0 Å². The number of aromatic nitrogens is 1. The van der Waals surface area contributed by atoms with E-state index in [0.29, 0.717) is 5.56 Å². The number of halogens is 24. The second kappa shape index (κ2) is 20.2. The summed E-state index contributed by atoms with van der Waals surface area (Å²) >= 11 is 0. The molecule has 0 radical (unpaired) electrons. The quantitative estimate of drug-likeness (QED) is 0.0965. The van der Waals surface area contributed by atoms with Gasteiger partial charge in [-0.3, -0.25) is 4.79 Å². The van der Waals surface area contributed by atoms with Crippen LogP contribution in [0.5, 0.6) is 0 Å². The topological polar surface area (TPSA) is 47.0 Å². The number of amides is 1. The molecule has 0 atom stereocenters. The lowest BCUT2D eigenvalue weighted by atomic mass is 9.12. The molecule has 0 fully saturated rings. The Balaban J connectivity index is 0.000000397. The Bertz CT molecular complexity index is 2870. The summed E-state index contributed by atoms with van der Waals surface area (Å²) in [6, 6.07) is 11.0. The molecule has 7 rings (SSSR count). The zero-order chi connectivity index (χ0) is 57.9. The van der Waals surface area contributed by atoms with Crippen molar-refractivity contribution in [3.63, 3.8) is 0 Å². The van der Waals surface area contributed by atoms with Gasteiger partial charge >= 0.3 is 49.4 Å². The predicted octanol–water partition coefficient (Wildman–Crippen LogP) is 13.5. The van der Waals surface area contributed by atoms with Crippen LogP contribution in [0.25, 0.3) is 10.9 Å². The molecule has 0 unspecified atom stereocenters. The first kappa shape index (κ1) is 58.8. The molecule has 0 aliphatic rings. The number of pyridine rings is 1. The van der Waals surface area contributed by atoms with Crippen LogP contribution in [0.2, 0.25) is 0 Å². The summed E-state index contributed by atoms with van der Waals surface area (Å²) in [5.41, 5.74) is -22.1. The molecule has 1 heterocycles. The first-order valence-electron chi connectivity index (χ1n) is 21.1. The number of fused-ring (bicyclic) bond motifs is 1. The molecule has 7 aromatic rings. The maximum absolute atomic E-state index is 14.2. The van der Waals surface area contributed by atoms with Crippen LogP contribution in [-0.4, -0.2) is 12.1 Å². The van der Waals surface area contributed by atoms with Gasteiger partial charge in [-0.25, -0.2) is 0 Å². The van der Waals surface area contributed by atoms with Gasteiger partial charge in [-0.1, -0.05) is 78.9 Å². The lowest BCUT2D eigenvalue weighted by Gasteiger charge is -2.46. The highest BCUT2D eigenvalue weighted by atomic mass is 19.4. The number of hydrogen-bond acceptors (Lipinski definition) is 1. The summed E-state index contributed by atoms with van der Waals surface area (Å²) in [6.45, 7) is 0.764. The number of alkyl halides is 24. The van der Waals surface area contributed by atoms with E-state index in [9.17, 15) is 110 Å². The predicted molar refractivity (Wildman–Crippen MR) is 228 cm³/mol. The summed E-state index contributed by atoms with van der Waals surface area (Å²) in [4.78, 5) is 11.3. The summed E-state index contributed by atoms with van der Waals surface area (Å²) in [5, 5.41) is 1.09. The summed E-state index contributed by atoms with van der Waals surface area (Å²) in [5.74, 6) is -0.401. The van der Waals surface area contributed by atoms with Crippen molar-refractivity contribution in [3.8, 4) is 0 Å². The van der Waals surface area contributed by atoms with Crippen LogP contribution in [0.3, 0.4) is 0 Å². The molecule has 77 heavy (non-hydrogen) atoms. The molecule has 2 N–H and O–H groups in total. The molecular formula is C49H27BF24N2O. The smallest absolute Gasteiger partial charge is 0.366 e.